The number of carbonyl (C=O) groups is 1. The van der Waals surface area contributed by atoms with Gasteiger partial charge in [0.25, 0.3) is 5.91 Å². The van der Waals surface area contributed by atoms with Gasteiger partial charge in [0, 0.05) is 12.6 Å². The van der Waals surface area contributed by atoms with E-state index in [1.54, 1.807) is 14.0 Å². The lowest BCUT2D eigenvalue weighted by molar-refractivity contribution is -0.121. The first-order chi connectivity index (χ1) is 4.55. The van der Waals surface area contributed by atoms with E-state index in [1.807, 2.05) is 6.92 Å². The summed E-state index contributed by atoms with van der Waals surface area (Å²) in [6.07, 6.45) is 0. The monoisotopic (exact) mass is 155 g/mol. The van der Waals surface area contributed by atoms with E-state index < -0.39 is 0 Å². The molecule has 0 atom stereocenters. The second-order valence-electron chi connectivity index (χ2n) is 2.42. The van der Waals surface area contributed by atoms with Crippen LogP contribution in [0.25, 0.3) is 0 Å². The maximum Gasteiger partial charge on any atom is 0.254 e. The molecule has 2 nitrogen and oxygen atoms in total. The molecule has 3 heteroatoms. The Morgan fingerprint density at radius 2 is 1.80 bits per heavy atom. The topological polar surface area (TPSA) is 20.3 Å². The molecule has 1 aliphatic heterocycles. The normalized spacial score (nSPS) is 19.3. The van der Waals surface area contributed by atoms with Crippen LogP contribution in [0.2, 0.25) is 0 Å². The largest absolute Gasteiger partial charge is 0.302 e. The number of carbonyl (C=O) groups excluding carboxylic acids is 1. The van der Waals surface area contributed by atoms with E-state index in [0.29, 0.717) is 4.99 Å². The van der Waals surface area contributed by atoms with E-state index in [4.69, 9.17) is 12.2 Å². The summed E-state index contributed by atoms with van der Waals surface area (Å²) < 4.78 is 0. The fourth-order valence-corrected chi connectivity index (χ4v) is 1.15. The number of thiocarbonyl (C=S) groups is 1. The van der Waals surface area contributed by atoms with Crippen LogP contribution in [0.1, 0.15) is 13.8 Å². The predicted octanol–water partition coefficient (Wildman–Crippen LogP) is 1.12. The van der Waals surface area contributed by atoms with Gasteiger partial charge in [-0.2, -0.15) is 0 Å². The van der Waals surface area contributed by atoms with Gasteiger partial charge in [-0.3, -0.25) is 4.79 Å². The molecule has 0 saturated carbocycles. The highest BCUT2D eigenvalue weighted by Gasteiger charge is 2.26. The molecule has 0 unspecified atom stereocenters. The number of likely N-dealkylation sites (N-methyl/N-ethyl adjacent to an activating group) is 1. The zero-order valence-corrected chi connectivity index (χ0v) is 7.08. The highest BCUT2D eigenvalue weighted by atomic mass is 32.1. The molecule has 0 aromatic rings. The SMILES string of the molecule is CC1=C(C)C(=S)N(C)C1=O. The fraction of sp³-hybridized carbons (Fsp3) is 0.429. The number of hydrogen-bond acceptors (Lipinski definition) is 2. The molecule has 0 spiro atoms. The van der Waals surface area contributed by atoms with Crippen LogP contribution in [-0.2, 0) is 4.79 Å². The first kappa shape index (κ1) is 7.41. The third kappa shape index (κ3) is 0.778. The van der Waals surface area contributed by atoms with E-state index >= 15 is 0 Å². The predicted molar refractivity (Wildman–Crippen MR) is 43.7 cm³/mol. The molecule has 0 N–H and O–H groups in total. The smallest absolute Gasteiger partial charge is 0.254 e. The van der Waals surface area contributed by atoms with Crippen LogP contribution in [-0.4, -0.2) is 22.8 Å². The van der Waals surface area contributed by atoms with Crippen molar-refractivity contribution < 1.29 is 4.79 Å². The number of amides is 1. The first-order valence-corrected chi connectivity index (χ1v) is 3.46. The van der Waals surface area contributed by atoms with Crippen molar-refractivity contribution in [3.05, 3.63) is 11.1 Å². The van der Waals surface area contributed by atoms with Gasteiger partial charge in [0.2, 0.25) is 0 Å². The van der Waals surface area contributed by atoms with E-state index in [1.165, 1.54) is 4.90 Å². The minimum absolute atomic E-state index is 0.0301. The van der Waals surface area contributed by atoms with Crippen LogP contribution in [0.3, 0.4) is 0 Å². The molecular formula is C7H9NOS. The molecule has 1 aliphatic rings. The first-order valence-electron chi connectivity index (χ1n) is 3.05. The summed E-state index contributed by atoms with van der Waals surface area (Å²) >= 11 is 4.97. The van der Waals surface area contributed by atoms with Crippen LogP contribution in [0.4, 0.5) is 0 Å². The van der Waals surface area contributed by atoms with Crippen molar-refractivity contribution in [3.8, 4) is 0 Å². The summed E-state index contributed by atoms with van der Waals surface area (Å²) in [6, 6.07) is 0. The van der Waals surface area contributed by atoms with Crippen molar-refractivity contribution in [2.45, 2.75) is 13.8 Å². The molecule has 1 amide bonds. The molecule has 0 fully saturated rings. The van der Waals surface area contributed by atoms with Crippen LogP contribution in [0.5, 0.6) is 0 Å². The Bertz CT molecular complexity index is 218. The van der Waals surface area contributed by atoms with Gasteiger partial charge in [-0.05, 0) is 19.4 Å². The second kappa shape index (κ2) is 2.16. The number of nitrogens with zero attached hydrogens (tertiary/aromatic N) is 1. The zero-order chi connectivity index (χ0) is 7.89. The summed E-state index contributed by atoms with van der Waals surface area (Å²) in [6.45, 7) is 3.67. The van der Waals surface area contributed by atoms with Gasteiger partial charge in [0.1, 0.15) is 4.99 Å². The molecule has 0 radical (unpaired) electrons. The highest BCUT2D eigenvalue weighted by molar-refractivity contribution is 7.80. The van der Waals surface area contributed by atoms with Gasteiger partial charge in [-0.25, -0.2) is 0 Å². The molecule has 10 heavy (non-hydrogen) atoms. The average molecular weight is 155 g/mol. The van der Waals surface area contributed by atoms with Crippen molar-refractivity contribution in [2.24, 2.45) is 0 Å². The third-order valence-corrected chi connectivity index (χ3v) is 2.39. The van der Waals surface area contributed by atoms with Crippen LogP contribution in [0.15, 0.2) is 11.1 Å². The minimum atomic E-state index is 0.0301. The lowest BCUT2D eigenvalue weighted by Crippen LogP contribution is -2.25. The quantitative estimate of drug-likeness (QED) is 0.489. The van der Waals surface area contributed by atoms with Gasteiger partial charge in [0.15, 0.2) is 0 Å². The summed E-state index contributed by atoms with van der Waals surface area (Å²) in [5, 5.41) is 0. The van der Waals surface area contributed by atoms with Gasteiger partial charge in [-0.15, -0.1) is 0 Å². The van der Waals surface area contributed by atoms with Crippen molar-refractivity contribution in [2.75, 3.05) is 7.05 Å². The molecule has 0 aliphatic carbocycles. The Balaban J connectivity index is 3.11. The second-order valence-corrected chi connectivity index (χ2v) is 2.81. The summed E-state index contributed by atoms with van der Waals surface area (Å²) in [4.78, 5) is 13.3. The maximum atomic E-state index is 11.1. The van der Waals surface area contributed by atoms with Crippen LogP contribution in [0, 0.1) is 0 Å². The van der Waals surface area contributed by atoms with E-state index in [-0.39, 0.29) is 5.91 Å². The Morgan fingerprint density at radius 1 is 1.30 bits per heavy atom. The lowest BCUT2D eigenvalue weighted by Gasteiger charge is -2.07. The van der Waals surface area contributed by atoms with Crippen molar-refractivity contribution >= 4 is 23.1 Å². The number of hydrogen-bond donors (Lipinski definition) is 0. The Hall–Kier alpha value is -0.700. The number of rotatable bonds is 0. The molecule has 0 bridgehead atoms. The van der Waals surface area contributed by atoms with Gasteiger partial charge < -0.3 is 4.90 Å². The molecule has 54 valence electrons. The van der Waals surface area contributed by atoms with Gasteiger partial charge in [0.05, 0.1) is 0 Å². The van der Waals surface area contributed by atoms with E-state index in [2.05, 4.69) is 0 Å². The Labute approximate surface area is 65.5 Å². The van der Waals surface area contributed by atoms with E-state index in [9.17, 15) is 4.79 Å². The van der Waals surface area contributed by atoms with Crippen LogP contribution < -0.4 is 0 Å². The molecule has 0 saturated heterocycles. The van der Waals surface area contributed by atoms with Gasteiger partial charge in [-0.1, -0.05) is 12.2 Å². The average Bonchev–Trinajstić information content (AvgIpc) is 2.07. The molecule has 0 aromatic carbocycles. The van der Waals surface area contributed by atoms with E-state index in [0.717, 1.165) is 11.1 Å². The summed E-state index contributed by atoms with van der Waals surface area (Å²) in [7, 11) is 1.70. The summed E-state index contributed by atoms with van der Waals surface area (Å²) in [5.41, 5.74) is 1.70. The van der Waals surface area contributed by atoms with Gasteiger partial charge >= 0.3 is 0 Å². The maximum absolute atomic E-state index is 11.1. The Kier molecular flexibility index (Phi) is 1.60. The van der Waals surface area contributed by atoms with Crippen molar-refractivity contribution in [1.29, 1.82) is 0 Å². The fourth-order valence-electron chi connectivity index (χ4n) is 0.916. The molecule has 1 rings (SSSR count). The Morgan fingerprint density at radius 3 is 1.90 bits per heavy atom. The minimum Gasteiger partial charge on any atom is -0.302 e. The lowest BCUT2D eigenvalue weighted by atomic mass is 10.2. The van der Waals surface area contributed by atoms with Crippen LogP contribution >= 0.6 is 12.2 Å². The zero-order valence-electron chi connectivity index (χ0n) is 6.26. The molecule has 1 heterocycles. The summed E-state index contributed by atoms with van der Waals surface area (Å²) in [5.74, 6) is 0.0301. The van der Waals surface area contributed by atoms with Crippen molar-refractivity contribution in [3.63, 3.8) is 0 Å². The standard InChI is InChI=1S/C7H9NOS/c1-4-5(2)7(10)8(3)6(4)9/h1-3H3. The highest BCUT2D eigenvalue weighted by Crippen LogP contribution is 2.18. The van der Waals surface area contributed by atoms with Crippen molar-refractivity contribution in [1.82, 2.24) is 4.90 Å². The molecule has 0 aromatic heterocycles. The third-order valence-electron chi connectivity index (χ3n) is 1.81. The molecular weight excluding hydrogens is 146 g/mol.